The Morgan fingerprint density at radius 3 is 2.47 bits per heavy atom. The Kier molecular flexibility index (Phi) is 5.30. The fourth-order valence-corrected chi connectivity index (χ4v) is 3.87. The van der Waals surface area contributed by atoms with Crippen molar-refractivity contribution >= 4 is 0 Å². The maximum absolute atomic E-state index is 5.85. The van der Waals surface area contributed by atoms with Gasteiger partial charge in [0.25, 0.3) is 0 Å². The summed E-state index contributed by atoms with van der Waals surface area (Å²) in [5.74, 6) is 1.77. The lowest BCUT2D eigenvalue weighted by molar-refractivity contribution is 0.248. The van der Waals surface area contributed by atoms with E-state index in [4.69, 9.17) is 5.73 Å². The third-order valence-corrected chi connectivity index (χ3v) is 4.96. The lowest BCUT2D eigenvalue weighted by Crippen LogP contribution is -2.44. The molecule has 3 N–H and O–H groups in total. The Bertz CT molecular complexity index is 209. The van der Waals surface area contributed by atoms with Crippen LogP contribution in [0.1, 0.15) is 64.7 Å². The van der Waals surface area contributed by atoms with Gasteiger partial charge in [0.2, 0.25) is 0 Å². The molecule has 2 saturated carbocycles. The highest BCUT2D eigenvalue weighted by atomic mass is 15.0. The van der Waals surface area contributed by atoms with E-state index in [1.807, 2.05) is 0 Å². The van der Waals surface area contributed by atoms with Crippen LogP contribution in [0.5, 0.6) is 0 Å². The zero-order chi connectivity index (χ0) is 12.1. The Hall–Kier alpha value is -0.0800. The first-order valence-electron chi connectivity index (χ1n) is 7.79. The SMILES string of the molecule is CCCC1CCC(NC2CCCC2CN)CC1. The van der Waals surface area contributed by atoms with Crippen molar-refractivity contribution in [1.82, 2.24) is 5.32 Å². The van der Waals surface area contributed by atoms with E-state index < -0.39 is 0 Å². The van der Waals surface area contributed by atoms with E-state index in [0.29, 0.717) is 0 Å². The Morgan fingerprint density at radius 1 is 1.06 bits per heavy atom. The fraction of sp³-hybridized carbons (Fsp3) is 1.00. The summed E-state index contributed by atoms with van der Waals surface area (Å²) in [6, 6.07) is 1.52. The van der Waals surface area contributed by atoms with Crippen molar-refractivity contribution in [2.45, 2.75) is 76.8 Å². The predicted molar refractivity (Wildman–Crippen MR) is 74.0 cm³/mol. The van der Waals surface area contributed by atoms with E-state index in [2.05, 4.69) is 12.2 Å². The third-order valence-electron chi connectivity index (χ3n) is 4.96. The zero-order valence-electron chi connectivity index (χ0n) is 11.5. The van der Waals surface area contributed by atoms with Crippen LogP contribution in [0.3, 0.4) is 0 Å². The smallest absolute Gasteiger partial charge is 0.0110 e. The minimum atomic E-state index is 0.729. The summed E-state index contributed by atoms with van der Waals surface area (Å²) in [4.78, 5) is 0. The molecule has 0 aliphatic heterocycles. The summed E-state index contributed by atoms with van der Waals surface area (Å²) in [5, 5.41) is 3.90. The van der Waals surface area contributed by atoms with Crippen LogP contribution < -0.4 is 11.1 Å². The van der Waals surface area contributed by atoms with Gasteiger partial charge in [0, 0.05) is 12.1 Å². The maximum atomic E-state index is 5.85. The molecule has 2 rings (SSSR count). The van der Waals surface area contributed by atoms with Crippen LogP contribution in [0.25, 0.3) is 0 Å². The molecule has 0 aromatic heterocycles. The topological polar surface area (TPSA) is 38.0 Å². The van der Waals surface area contributed by atoms with E-state index in [1.54, 1.807) is 0 Å². The van der Waals surface area contributed by atoms with Crippen molar-refractivity contribution in [2.75, 3.05) is 6.54 Å². The van der Waals surface area contributed by atoms with Crippen molar-refractivity contribution in [1.29, 1.82) is 0 Å². The summed E-state index contributed by atoms with van der Waals surface area (Å²) in [5.41, 5.74) is 5.85. The van der Waals surface area contributed by atoms with Gasteiger partial charge < -0.3 is 11.1 Å². The molecule has 100 valence electrons. The van der Waals surface area contributed by atoms with Crippen molar-refractivity contribution in [3.8, 4) is 0 Å². The third kappa shape index (κ3) is 3.69. The Morgan fingerprint density at radius 2 is 1.82 bits per heavy atom. The Labute approximate surface area is 107 Å². The van der Waals surface area contributed by atoms with Crippen molar-refractivity contribution < 1.29 is 0 Å². The minimum Gasteiger partial charge on any atom is -0.330 e. The van der Waals surface area contributed by atoms with Gasteiger partial charge in [0.15, 0.2) is 0 Å². The van der Waals surface area contributed by atoms with Gasteiger partial charge in [0.1, 0.15) is 0 Å². The molecule has 2 nitrogen and oxygen atoms in total. The number of hydrogen-bond donors (Lipinski definition) is 2. The van der Waals surface area contributed by atoms with Gasteiger partial charge in [-0.05, 0) is 56.9 Å². The number of nitrogens with two attached hydrogens (primary N) is 1. The number of nitrogens with one attached hydrogen (secondary N) is 1. The highest BCUT2D eigenvalue weighted by molar-refractivity contribution is 4.88. The standard InChI is InChI=1S/C15H30N2/c1-2-4-12-7-9-14(10-8-12)17-15-6-3-5-13(15)11-16/h12-15,17H,2-11,16H2,1H3. The summed E-state index contributed by atoms with van der Waals surface area (Å²) in [6.45, 7) is 3.19. The summed E-state index contributed by atoms with van der Waals surface area (Å²) >= 11 is 0. The van der Waals surface area contributed by atoms with Gasteiger partial charge in [-0.2, -0.15) is 0 Å². The molecule has 0 aromatic rings. The molecular weight excluding hydrogens is 208 g/mol. The molecule has 17 heavy (non-hydrogen) atoms. The molecule has 2 aliphatic carbocycles. The van der Waals surface area contributed by atoms with Gasteiger partial charge >= 0.3 is 0 Å². The molecular formula is C15H30N2. The molecule has 0 saturated heterocycles. The molecule has 2 fully saturated rings. The average molecular weight is 238 g/mol. The molecule has 2 atom stereocenters. The summed E-state index contributed by atoms with van der Waals surface area (Å²) in [7, 11) is 0. The summed E-state index contributed by atoms with van der Waals surface area (Å²) < 4.78 is 0. The van der Waals surface area contributed by atoms with Crippen LogP contribution >= 0.6 is 0 Å². The Balaban J connectivity index is 1.70. The van der Waals surface area contributed by atoms with Crippen molar-refractivity contribution in [2.24, 2.45) is 17.6 Å². The van der Waals surface area contributed by atoms with Crippen LogP contribution in [0.4, 0.5) is 0 Å². The van der Waals surface area contributed by atoms with Crippen LogP contribution in [0, 0.1) is 11.8 Å². The lowest BCUT2D eigenvalue weighted by Gasteiger charge is -2.32. The quantitative estimate of drug-likeness (QED) is 0.772. The molecule has 0 heterocycles. The predicted octanol–water partition coefficient (Wildman–Crippen LogP) is 3.06. The highest BCUT2D eigenvalue weighted by Crippen LogP contribution is 2.30. The van der Waals surface area contributed by atoms with E-state index in [0.717, 1.165) is 30.5 Å². The van der Waals surface area contributed by atoms with Crippen LogP contribution in [-0.2, 0) is 0 Å². The number of hydrogen-bond acceptors (Lipinski definition) is 2. The second-order valence-corrected chi connectivity index (χ2v) is 6.21. The maximum Gasteiger partial charge on any atom is 0.0110 e. The number of rotatable bonds is 5. The lowest BCUT2D eigenvalue weighted by atomic mass is 9.83. The second-order valence-electron chi connectivity index (χ2n) is 6.21. The normalized spacial score (nSPS) is 38.5. The highest BCUT2D eigenvalue weighted by Gasteiger charge is 2.29. The molecule has 0 radical (unpaired) electrons. The van der Waals surface area contributed by atoms with Crippen molar-refractivity contribution in [3.63, 3.8) is 0 Å². The molecule has 0 bridgehead atoms. The summed E-state index contributed by atoms with van der Waals surface area (Å²) in [6.07, 6.45) is 12.6. The molecule has 0 amide bonds. The van der Waals surface area contributed by atoms with Crippen LogP contribution in [0.15, 0.2) is 0 Å². The second kappa shape index (κ2) is 6.75. The monoisotopic (exact) mass is 238 g/mol. The van der Waals surface area contributed by atoms with Crippen LogP contribution in [-0.4, -0.2) is 18.6 Å². The van der Waals surface area contributed by atoms with E-state index in [9.17, 15) is 0 Å². The van der Waals surface area contributed by atoms with Crippen LogP contribution in [0.2, 0.25) is 0 Å². The average Bonchev–Trinajstić information content (AvgIpc) is 2.79. The van der Waals surface area contributed by atoms with Crippen molar-refractivity contribution in [3.05, 3.63) is 0 Å². The largest absolute Gasteiger partial charge is 0.330 e. The first kappa shape index (κ1) is 13.4. The molecule has 2 aliphatic rings. The first-order valence-corrected chi connectivity index (χ1v) is 7.79. The van der Waals surface area contributed by atoms with Gasteiger partial charge in [-0.25, -0.2) is 0 Å². The first-order chi connectivity index (χ1) is 8.33. The molecule has 0 aromatic carbocycles. The van der Waals surface area contributed by atoms with E-state index in [1.165, 1.54) is 57.8 Å². The molecule has 2 unspecified atom stereocenters. The van der Waals surface area contributed by atoms with E-state index in [-0.39, 0.29) is 0 Å². The molecule has 2 heteroatoms. The van der Waals surface area contributed by atoms with Gasteiger partial charge in [-0.1, -0.05) is 26.2 Å². The molecule has 0 spiro atoms. The van der Waals surface area contributed by atoms with Gasteiger partial charge in [-0.3, -0.25) is 0 Å². The minimum absolute atomic E-state index is 0.729. The zero-order valence-corrected chi connectivity index (χ0v) is 11.5. The van der Waals surface area contributed by atoms with Gasteiger partial charge in [-0.15, -0.1) is 0 Å². The van der Waals surface area contributed by atoms with E-state index >= 15 is 0 Å². The fourth-order valence-electron chi connectivity index (χ4n) is 3.87. The van der Waals surface area contributed by atoms with Gasteiger partial charge in [0.05, 0.1) is 0 Å².